The molecule has 1 amide bonds. The first-order valence-corrected chi connectivity index (χ1v) is 16.2. The predicted molar refractivity (Wildman–Crippen MR) is 164 cm³/mol. The molecule has 0 saturated carbocycles. The normalized spacial score (nSPS) is 11.9. The number of methoxy groups -OCH3 is 1. The van der Waals surface area contributed by atoms with E-state index in [1.165, 1.54) is 109 Å². The molecule has 0 aliphatic heterocycles. The number of amides is 1. The van der Waals surface area contributed by atoms with E-state index < -0.39 is 0 Å². The number of ether oxygens (including phenoxy) is 2. The highest BCUT2D eigenvalue weighted by atomic mass is 16.6. The van der Waals surface area contributed by atoms with Crippen LogP contribution < -0.4 is 5.32 Å². The third-order valence-electron chi connectivity index (χ3n) is 6.90. The van der Waals surface area contributed by atoms with Crippen molar-refractivity contribution in [2.75, 3.05) is 13.7 Å². The summed E-state index contributed by atoms with van der Waals surface area (Å²) in [5.41, 5.74) is 0.0417. The van der Waals surface area contributed by atoms with E-state index in [9.17, 15) is 9.59 Å². The SMILES string of the molecule is CCCCCC(C)OC(=O)NCCCCCCCCCCCCCCCCCCCC=O.COC(C)(C)C. The number of rotatable bonds is 25. The minimum atomic E-state index is -0.250. The summed E-state index contributed by atoms with van der Waals surface area (Å²) in [4.78, 5) is 22.0. The molecule has 5 nitrogen and oxygen atoms in total. The van der Waals surface area contributed by atoms with Crippen molar-refractivity contribution in [2.24, 2.45) is 0 Å². The first kappa shape index (κ1) is 39.0. The molecule has 1 N–H and O–H groups in total. The van der Waals surface area contributed by atoms with Gasteiger partial charge in [0.15, 0.2) is 0 Å². The number of hydrogen-bond acceptors (Lipinski definition) is 4. The quantitative estimate of drug-likeness (QED) is 0.0922. The first-order valence-electron chi connectivity index (χ1n) is 16.2. The highest BCUT2D eigenvalue weighted by molar-refractivity contribution is 5.67. The van der Waals surface area contributed by atoms with Gasteiger partial charge in [-0.15, -0.1) is 0 Å². The zero-order valence-electron chi connectivity index (χ0n) is 26.6. The smallest absolute Gasteiger partial charge is 0.407 e. The molecule has 5 heteroatoms. The fourth-order valence-electron chi connectivity index (χ4n) is 4.16. The minimum Gasteiger partial charge on any atom is -0.447 e. The molecule has 0 rings (SSSR count). The lowest BCUT2D eigenvalue weighted by molar-refractivity contribution is -0.107. The Morgan fingerprint density at radius 2 is 1.11 bits per heavy atom. The molecule has 0 heterocycles. The van der Waals surface area contributed by atoms with Gasteiger partial charge in [-0.2, -0.15) is 0 Å². The van der Waals surface area contributed by atoms with Crippen molar-refractivity contribution in [3.05, 3.63) is 0 Å². The van der Waals surface area contributed by atoms with Gasteiger partial charge in [-0.05, 0) is 53.4 Å². The summed E-state index contributed by atoms with van der Waals surface area (Å²) in [5, 5.41) is 2.89. The molecule has 0 aromatic rings. The van der Waals surface area contributed by atoms with Crippen molar-refractivity contribution in [3.63, 3.8) is 0 Å². The van der Waals surface area contributed by atoms with Gasteiger partial charge in [-0.3, -0.25) is 0 Å². The van der Waals surface area contributed by atoms with Crippen molar-refractivity contribution in [3.8, 4) is 0 Å². The van der Waals surface area contributed by atoms with Gasteiger partial charge in [0.05, 0.1) is 5.60 Å². The summed E-state index contributed by atoms with van der Waals surface area (Å²) >= 11 is 0. The van der Waals surface area contributed by atoms with Crippen molar-refractivity contribution < 1.29 is 19.1 Å². The Bertz CT molecular complexity index is 490. The fraction of sp³-hybridized carbons (Fsp3) is 0.939. The standard InChI is InChI=1S/C28H55NO3.C5H12O/c1-3-4-21-24-27(2)32-28(31)29-25-22-19-17-15-13-11-9-7-5-6-8-10-12-14-16-18-20-23-26-30;1-5(2,3)6-4/h26-27H,3-25H2,1-2H3,(H,29,31);1-4H3. The Hall–Kier alpha value is -1.10. The topological polar surface area (TPSA) is 64.6 Å². The zero-order valence-corrected chi connectivity index (χ0v) is 26.6. The number of carbonyl (C=O) groups is 2. The fourth-order valence-corrected chi connectivity index (χ4v) is 4.16. The van der Waals surface area contributed by atoms with E-state index in [0.717, 1.165) is 44.9 Å². The number of alkyl carbamates (subject to hydrolysis) is 1. The third-order valence-corrected chi connectivity index (χ3v) is 6.90. The van der Waals surface area contributed by atoms with Gasteiger partial charge in [0, 0.05) is 20.1 Å². The highest BCUT2D eigenvalue weighted by Gasteiger charge is 2.08. The van der Waals surface area contributed by atoms with Gasteiger partial charge in [-0.25, -0.2) is 4.79 Å². The van der Waals surface area contributed by atoms with Crippen LogP contribution in [-0.2, 0) is 14.3 Å². The lowest BCUT2D eigenvalue weighted by Crippen LogP contribution is -2.28. The molecule has 0 saturated heterocycles. The van der Waals surface area contributed by atoms with Crippen LogP contribution in [0.1, 0.15) is 176 Å². The molecule has 0 fully saturated rings. The lowest BCUT2D eigenvalue weighted by atomic mass is 10.0. The van der Waals surface area contributed by atoms with Gasteiger partial charge in [0.25, 0.3) is 0 Å². The van der Waals surface area contributed by atoms with Crippen LogP contribution in [0, 0.1) is 0 Å². The third kappa shape index (κ3) is 37.1. The predicted octanol–water partition coefficient (Wildman–Crippen LogP) is 10.3. The number of hydrogen-bond donors (Lipinski definition) is 1. The van der Waals surface area contributed by atoms with Crippen molar-refractivity contribution in [2.45, 2.75) is 188 Å². The Kier molecular flexibility index (Phi) is 31.3. The largest absolute Gasteiger partial charge is 0.447 e. The van der Waals surface area contributed by atoms with Crippen LogP contribution >= 0.6 is 0 Å². The summed E-state index contributed by atoms with van der Waals surface area (Å²) in [6.45, 7) is 11.0. The second kappa shape index (κ2) is 30.4. The maximum atomic E-state index is 11.7. The maximum Gasteiger partial charge on any atom is 0.407 e. The van der Waals surface area contributed by atoms with Crippen LogP contribution in [-0.4, -0.2) is 37.7 Å². The molecule has 0 aliphatic carbocycles. The van der Waals surface area contributed by atoms with Crippen molar-refractivity contribution >= 4 is 12.4 Å². The molecule has 38 heavy (non-hydrogen) atoms. The molecule has 0 aliphatic rings. The van der Waals surface area contributed by atoms with E-state index in [0.29, 0.717) is 0 Å². The van der Waals surface area contributed by atoms with Crippen LogP contribution in [0.3, 0.4) is 0 Å². The molecule has 0 aromatic carbocycles. The van der Waals surface area contributed by atoms with E-state index in [2.05, 4.69) is 12.2 Å². The second-order valence-corrected chi connectivity index (χ2v) is 11.9. The van der Waals surface area contributed by atoms with Gasteiger partial charge < -0.3 is 19.6 Å². The maximum absolute atomic E-state index is 11.7. The average Bonchev–Trinajstić information content (AvgIpc) is 2.87. The second-order valence-electron chi connectivity index (χ2n) is 11.9. The Morgan fingerprint density at radius 3 is 1.47 bits per heavy atom. The number of aldehydes is 1. The molecule has 0 aromatic heterocycles. The van der Waals surface area contributed by atoms with Crippen LogP contribution in [0.2, 0.25) is 0 Å². The van der Waals surface area contributed by atoms with Crippen LogP contribution in [0.15, 0.2) is 0 Å². The molecule has 1 unspecified atom stereocenters. The molecule has 0 radical (unpaired) electrons. The zero-order chi connectivity index (χ0) is 28.7. The molecule has 1 atom stereocenters. The molecular formula is C33H67NO4. The van der Waals surface area contributed by atoms with E-state index >= 15 is 0 Å². The summed E-state index contributed by atoms with van der Waals surface area (Å²) in [5.74, 6) is 0. The Labute approximate surface area is 238 Å². The van der Waals surface area contributed by atoms with Gasteiger partial charge in [0.1, 0.15) is 12.4 Å². The van der Waals surface area contributed by atoms with E-state index in [1.54, 1.807) is 7.11 Å². The van der Waals surface area contributed by atoms with Crippen molar-refractivity contribution in [1.29, 1.82) is 0 Å². The summed E-state index contributed by atoms with van der Waals surface area (Å²) in [6.07, 6.45) is 28.3. The van der Waals surface area contributed by atoms with Gasteiger partial charge in [-0.1, -0.05) is 116 Å². The van der Waals surface area contributed by atoms with Gasteiger partial charge >= 0.3 is 6.09 Å². The number of nitrogens with one attached hydrogen (secondary N) is 1. The molecular weight excluding hydrogens is 474 g/mol. The van der Waals surface area contributed by atoms with Crippen LogP contribution in [0.5, 0.6) is 0 Å². The number of carbonyl (C=O) groups excluding carboxylic acids is 2. The summed E-state index contributed by atoms with van der Waals surface area (Å²) in [7, 11) is 1.71. The van der Waals surface area contributed by atoms with Crippen molar-refractivity contribution in [1.82, 2.24) is 5.32 Å². The monoisotopic (exact) mass is 542 g/mol. The van der Waals surface area contributed by atoms with E-state index in [4.69, 9.17) is 9.47 Å². The van der Waals surface area contributed by atoms with E-state index in [1.807, 2.05) is 27.7 Å². The Balaban J connectivity index is 0. The summed E-state index contributed by atoms with van der Waals surface area (Å²) < 4.78 is 10.3. The van der Waals surface area contributed by atoms with Crippen LogP contribution in [0.25, 0.3) is 0 Å². The molecule has 0 spiro atoms. The van der Waals surface area contributed by atoms with Gasteiger partial charge in [0.2, 0.25) is 0 Å². The first-order chi connectivity index (χ1) is 18.3. The average molecular weight is 542 g/mol. The Morgan fingerprint density at radius 1 is 0.711 bits per heavy atom. The minimum absolute atomic E-state index is 0.0251. The number of unbranched alkanes of at least 4 members (excludes halogenated alkanes) is 19. The lowest BCUT2D eigenvalue weighted by Gasteiger charge is -2.14. The summed E-state index contributed by atoms with van der Waals surface area (Å²) in [6, 6.07) is 0. The van der Waals surface area contributed by atoms with Crippen LogP contribution in [0.4, 0.5) is 4.79 Å². The highest BCUT2D eigenvalue weighted by Crippen LogP contribution is 2.14. The molecule has 228 valence electrons. The molecule has 0 bridgehead atoms. The van der Waals surface area contributed by atoms with E-state index in [-0.39, 0.29) is 17.8 Å².